The molecule has 0 radical (unpaired) electrons. The van der Waals surface area contributed by atoms with Gasteiger partial charge in [0.25, 0.3) is 0 Å². The second-order valence-electron chi connectivity index (χ2n) is 3.56. The van der Waals surface area contributed by atoms with E-state index in [1.54, 1.807) is 0 Å². The first-order valence-corrected chi connectivity index (χ1v) is 5.19. The molecule has 0 aromatic rings. The summed E-state index contributed by atoms with van der Waals surface area (Å²) in [6.07, 6.45) is 3.58. The zero-order chi connectivity index (χ0) is 11.9. The average molecular weight is 218 g/mol. The summed E-state index contributed by atoms with van der Waals surface area (Å²) in [4.78, 5) is 11.0. The summed E-state index contributed by atoms with van der Waals surface area (Å²) in [7, 11) is 2.94. The Morgan fingerprint density at radius 2 is 1.87 bits per heavy atom. The van der Waals surface area contributed by atoms with Gasteiger partial charge in [-0.3, -0.25) is 4.79 Å². The van der Waals surface area contributed by atoms with Crippen molar-refractivity contribution in [3.8, 4) is 0 Å². The highest BCUT2D eigenvalue weighted by molar-refractivity contribution is 5.80. The van der Waals surface area contributed by atoms with Crippen molar-refractivity contribution >= 4 is 5.91 Å². The topological polar surface area (TPSA) is 87.6 Å². The van der Waals surface area contributed by atoms with Crippen LogP contribution < -0.4 is 11.5 Å². The van der Waals surface area contributed by atoms with Crippen molar-refractivity contribution in [2.45, 2.75) is 44.4 Å². The number of amides is 1. The van der Waals surface area contributed by atoms with E-state index < -0.39 is 17.7 Å². The number of ether oxygens (including phenoxy) is 2. The monoisotopic (exact) mass is 218 g/mol. The molecule has 4 N–H and O–H groups in total. The minimum atomic E-state index is -1.08. The fourth-order valence-corrected chi connectivity index (χ4v) is 1.54. The molecule has 0 aromatic carbocycles. The molecule has 0 fully saturated rings. The Hall–Kier alpha value is -0.650. The Bertz CT molecular complexity index is 193. The zero-order valence-corrected chi connectivity index (χ0v) is 9.79. The van der Waals surface area contributed by atoms with E-state index in [0.717, 1.165) is 19.3 Å². The number of hydrogen-bond acceptors (Lipinski definition) is 4. The molecule has 1 amide bonds. The van der Waals surface area contributed by atoms with Gasteiger partial charge < -0.3 is 20.9 Å². The lowest BCUT2D eigenvalue weighted by molar-refractivity contribution is -0.222. The molecule has 0 aromatic heterocycles. The third kappa shape index (κ3) is 3.77. The molecule has 5 nitrogen and oxygen atoms in total. The van der Waals surface area contributed by atoms with Crippen molar-refractivity contribution in [2.75, 3.05) is 14.2 Å². The Labute approximate surface area is 91.1 Å². The van der Waals surface area contributed by atoms with Gasteiger partial charge in [-0.2, -0.15) is 0 Å². The number of hydrogen-bond donors (Lipinski definition) is 2. The first-order valence-electron chi connectivity index (χ1n) is 5.19. The Balaban J connectivity index is 4.49. The summed E-state index contributed by atoms with van der Waals surface area (Å²) < 4.78 is 10.4. The van der Waals surface area contributed by atoms with Crippen LogP contribution in [0.4, 0.5) is 0 Å². The molecule has 0 aliphatic carbocycles. The molecule has 0 heterocycles. The van der Waals surface area contributed by atoms with Gasteiger partial charge >= 0.3 is 0 Å². The Kier molecular flexibility index (Phi) is 6.47. The van der Waals surface area contributed by atoms with Gasteiger partial charge in [-0.05, 0) is 6.42 Å². The lowest BCUT2D eigenvalue weighted by Gasteiger charge is -2.34. The second kappa shape index (κ2) is 6.76. The Morgan fingerprint density at radius 1 is 1.33 bits per heavy atom. The van der Waals surface area contributed by atoms with Crippen LogP contribution in [0.3, 0.4) is 0 Å². The first-order chi connectivity index (χ1) is 7.04. The maximum atomic E-state index is 11.0. The van der Waals surface area contributed by atoms with E-state index in [-0.39, 0.29) is 0 Å². The number of carbonyl (C=O) groups is 1. The van der Waals surface area contributed by atoms with Crippen molar-refractivity contribution in [2.24, 2.45) is 11.5 Å². The van der Waals surface area contributed by atoms with Crippen LogP contribution in [0.25, 0.3) is 0 Å². The van der Waals surface area contributed by atoms with Gasteiger partial charge in [0.1, 0.15) is 6.04 Å². The molecule has 0 rings (SSSR count). The molecular formula is C10H22N2O3. The van der Waals surface area contributed by atoms with Crippen molar-refractivity contribution in [1.82, 2.24) is 0 Å². The van der Waals surface area contributed by atoms with Gasteiger partial charge in [0.15, 0.2) is 5.79 Å². The van der Waals surface area contributed by atoms with Gasteiger partial charge in [-0.1, -0.05) is 19.8 Å². The number of primary amides is 1. The number of carbonyl (C=O) groups excluding carboxylic acids is 1. The van der Waals surface area contributed by atoms with Gasteiger partial charge in [-0.15, -0.1) is 0 Å². The van der Waals surface area contributed by atoms with Crippen molar-refractivity contribution in [3.63, 3.8) is 0 Å². The molecule has 0 bridgehead atoms. The van der Waals surface area contributed by atoms with Crippen LogP contribution in [0.2, 0.25) is 0 Å². The predicted molar refractivity (Wildman–Crippen MR) is 58.1 cm³/mol. The molecule has 90 valence electrons. The summed E-state index contributed by atoms with van der Waals surface area (Å²) in [5.74, 6) is -1.70. The summed E-state index contributed by atoms with van der Waals surface area (Å²) in [5.41, 5.74) is 10.8. The predicted octanol–water partition coefficient (Wildman–Crippen LogP) is 0.368. The largest absolute Gasteiger partial charge is 0.368 e. The number of methoxy groups -OCH3 is 2. The van der Waals surface area contributed by atoms with Crippen LogP contribution >= 0.6 is 0 Å². The maximum absolute atomic E-state index is 11.0. The summed E-state index contributed by atoms with van der Waals surface area (Å²) in [6, 6.07) is -0.940. The standard InChI is InChI=1S/C10H22N2O3/c1-4-5-6-7-10(14-2,15-3)8(11)9(12)13/h8H,4-7,11H2,1-3H3,(H2,12,13). The van der Waals surface area contributed by atoms with E-state index >= 15 is 0 Å². The minimum Gasteiger partial charge on any atom is -0.368 e. The van der Waals surface area contributed by atoms with Crippen molar-refractivity contribution in [3.05, 3.63) is 0 Å². The van der Waals surface area contributed by atoms with Crippen LogP contribution in [0.15, 0.2) is 0 Å². The van der Waals surface area contributed by atoms with E-state index in [0.29, 0.717) is 6.42 Å². The van der Waals surface area contributed by atoms with Gasteiger partial charge in [-0.25, -0.2) is 0 Å². The first kappa shape index (κ1) is 14.3. The second-order valence-corrected chi connectivity index (χ2v) is 3.56. The zero-order valence-electron chi connectivity index (χ0n) is 9.79. The van der Waals surface area contributed by atoms with Crippen LogP contribution in [-0.4, -0.2) is 32.0 Å². The summed E-state index contributed by atoms with van der Waals surface area (Å²) >= 11 is 0. The average Bonchev–Trinajstić information content (AvgIpc) is 2.24. The molecule has 5 heteroatoms. The van der Waals surface area contributed by atoms with Gasteiger partial charge in [0, 0.05) is 20.6 Å². The third-order valence-electron chi connectivity index (χ3n) is 2.60. The molecule has 15 heavy (non-hydrogen) atoms. The van der Waals surface area contributed by atoms with E-state index in [1.165, 1.54) is 14.2 Å². The lowest BCUT2D eigenvalue weighted by Crippen LogP contribution is -2.57. The van der Waals surface area contributed by atoms with Crippen LogP contribution in [-0.2, 0) is 14.3 Å². The normalized spacial score (nSPS) is 13.9. The number of unbranched alkanes of at least 4 members (excludes halogenated alkanes) is 2. The van der Waals surface area contributed by atoms with E-state index in [9.17, 15) is 4.79 Å². The molecule has 0 saturated carbocycles. The molecule has 1 atom stereocenters. The Morgan fingerprint density at radius 3 is 2.20 bits per heavy atom. The van der Waals surface area contributed by atoms with Crippen LogP contribution in [0.1, 0.15) is 32.6 Å². The van der Waals surface area contributed by atoms with Gasteiger partial charge in [0.2, 0.25) is 5.91 Å². The van der Waals surface area contributed by atoms with Crippen LogP contribution in [0.5, 0.6) is 0 Å². The molecule has 0 aliphatic rings. The third-order valence-corrected chi connectivity index (χ3v) is 2.60. The number of rotatable bonds is 8. The summed E-state index contributed by atoms with van der Waals surface area (Å²) in [6.45, 7) is 2.09. The van der Waals surface area contributed by atoms with E-state index in [1.807, 2.05) is 0 Å². The minimum absolute atomic E-state index is 0.567. The SMILES string of the molecule is CCCCCC(OC)(OC)C(N)C(N)=O. The molecule has 0 saturated heterocycles. The van der Waals surface area contributed by atoms with Crippen molar-refractivity contribution < 1.29 is 14.3 Å². The van der Waals surface area contributed by atoms with Gasteiger partial charge in [0.05, 0.1) is 0 Å². The van der Waals surface area contributed by atoms with E-state index in [2.05, 4.69) is 6.92 Å². The highest BCUT2D eigenvalue weighted by Crippen LogP contribution is 2.23. The van der Waals surface area contributed by atoms with Crippen LogP contribution in [0, 0.1) is 0 Å². The molecule has 0 spiro atoms. The fraction of sp³-hybridized carbons (Fsp3) is 0.900. The summed E-state index contributed by atoms with van der Waals surface area (Å²) in [5, 5.41) is 0. The maximum Gasteiger partial charge on any atom is 0.239 e. The smallest absolute Gasteiger partial charge is 0.239 e. The highest BCUT2D eigenvalue weighted by atomic mass is 16.7. The molecule has 1 unspecified atom stereocenters. The fourth-order valence-electron chi connectivity index (χ4n) is 1.54. The molecule has 0 aliphatic heterocycles. The van der Waals surface area contributed by atoms with E-state index in [4.69, 9.17) is 20.9 Å². The molecular weight excluding hydrogens is 196 g/mol. The lowest BCUT2D eigenvalue weighted by atomic mass is 9.99. The highest BCUT2D eigenvalue weighted by Gasteiger charge is 2.39. The quantitative estimate of drug-likeness (QED) is 0.455. The van der Waals surface area contributed by atoms with Crippen molar-refractivity contribution in [1.29, 1.82) is 0 Å². The number of nitrogens with two attached hydrogens (primary N) is 2.